The number of benzene rings is 1. The molecule has 1 N–H and O–H groups in total. The van der Waals surface area contributed by atoms with Crippen molar-refractivity contribution in [3.63, 3.8) is 0 Å². The van der Waals surface area contributed by atoms with Gasteiger partial charge in [0.1, 0.15) is 0 Å². The Morgan fingerprint density at radius 3 is 2.86 bits per heavy atom. The second-order valence-electron chi connectivity index (χ2n) is 7.11. The van der Waals surface area contributed by atoms with E-state index in [2.05, 4.69) is 15.6 Å². The summed E-state index contributed by atoms with van der Waals surface area (Å²) in [5.41, 5.74) is 2.67. The molecule has 4 heterocycles. The Morgan fingerprint density at radius 1 is 1.07 bits per heavy atom. The number of hydrogen-bond donors (Lipinski definition) is 1. The summed E-state index contributed by atoms with van der Waals surface area (Å²) in [4.78, 5) is 13.0. The van der Waals surface area contributed by atoms with Crippen LogP contribution in [0.15, 0.2) is 33.3 Å². The molecule has 9 heteroatoms. The molecular weight excluding hydrogens is 382 g/mol. The minimum Gasteiger partial charge on any atom is -0.454 e. The van der Waals surface area contributed by atoms with Crippen LogP contribution < -0.4 is 14.8 Å². The number of carbonyl (C=O) groups excluding carboxylic acids is 1. The molecule has 0 unspecified atom stereocenters. The second kappa shape index (κ2) is 5.78. The van der Waals surface area contributed by atoms with E-state index in [1.54, 1.807) is 11.8 Å². The van der Waals surface area contributed by atoms with Gasteiger partial charge in [0.05, 0.1) is 22.4 Å². The number of anilines is 1. The summed E-state index contributed by atoms with van der Waals surface area (Å²) in [6, 6.07) is 7.39. The van der Waals surface area contributed by atoms with Crippen molar-refractivity contribution in [3.8, 4) is 22.8 Å². The van der Waals surface area contributed by atoms with E-state index >= 15 is 0 Å². The average Bonchev–Trinajstić information content (AvgIpc) is 3.18. The Balaban J connectivity index is 1.26. The summed E-state index contributed by atoms with van der Waals surface area (Å²) in [6.45, 7) is 0.216. The van der Waals surface area contributed by atoms with E-state index < -0.39 is 5.41 Å². The third-order valence-electron chi connectivity index (χ3n) is 5.42. The first-order valence-corrected chi connectivity index (χ1v) is 10.1. The van der Waals surface area contributed by atoms with Crippen LogP contribution in [0, 0.1) is 0 Å². The molecule has 1 amide bonds. The monoisotopic (exact) mass is 397 g/mol. The SMILES string of the molecule is O=C(Nc1onc2c1CSC2)C1(c2cc(-c3ccc4c(c3)OCO4)on2)CC1. The van der Waals surface area contributed by atoms with Gasteiger partial charge in [0.25, 0.3) is 0 Å². The van der Waals surface area contributed by atoms with E-state index in [0.717, 1.165) is 41.2 Å². The Labute approximate surface area is 163 Å². The molecule has 0 bridgehead atoms. The number of amides is 1. The zero-order valence-corrected chi connectivity index (χ0v) is 15.5. The zero-order chi connectivity index (χ0) is 18.7. The maximum absolute atomic E-state index is 13.0. The minimum absolute atomic E-state index is 0.131. The number of nitrogens with zero attached hydrogens (tertiary/aromatic N) is 2. The number of rotatable bonds is 4. The Hall–Kier alpha value is -2.94. The summed E-state index contributed by atoms with van der Waals surface area (Å²) in [6.07, 6.45) is 1.44. The van der Waals surface area contributed by atoms with Crippen LogP contribution in [0.1, 0.15) is 29.8 Å². The van der Waals surface area contributed by atoms with E-state index in [9.17, 15) is 4.79 Å². The first-order chi connectivity index (χ1) is 13.7. The molecule has 0 radical (unpaired) electrons. The highest BCUT2D eigenvalue weighted by molar-refractivity contribution is 7.98. The highest BCUT2D eigenvalue weighted by Gasteiger charge is 2.54. The number of ether oxygens (including phenoxy) is 2. The van der Waals surface area contributed by atoms with Gasteiger partial charge in [-0.1, -0.05) is 10.3 Å². The van der Waals surface area contributed by atoms with Crippen LogP contribution in [0.2, 0.25) is 0 Å². The third-order valence-corrected chi connectivity index (χ3v) is 6.39. The summed E-state index contributed by atoms with van der Waals surface area (Å²) in [7, 11) is 0. The van der Waals surface area contributed by atoms with Gasteiger partial charge in [-0.2, -0.15) is 11.8 Å². The molecule has 2 aromatic heterocycles. The smallest absolute Gasteiger partial charge is 0.239 e. The molecule has 3 aromatic rings. The molecule has 3 aliphatic rings. The van der Waals surface area contributed by atoms with Crippen molar-refractivity contribution in [1.82, 2.24) is 10.3 Å². The van der Waals surface area contributed by atoms with E-state index in [-0.39, 0.29) is 12.7 Å². The third kappa shape index (κ3) is 2.35. The molecule has 1 aliphatic carbocycles. The lowest BCUT2D eigenvalue weighted by molar-refractivity contribution is -0.118. The largest absolute Gasteiger partial charge is 0.454 e. The van der Waals surface area contributed by atoms with Gasteiger partial charge in [0.15, 0.2) is 17.3 Å². The summed E-state index contributed by atoms with van der Waals surface area (Å²) in [5, 5.41) is 11.1. The van der Waals surface area contributed by atoms with E-state index in [4.69, 9.17) is 18.5 Å². The fourth-order valence-corrected chi connectivity index (χ4v) is 4.61. The van der Waals surface area contributed by atoms with Crippen LogP contribution in [0.4, 0.5) is 5.88 Å². The summed E-state index contributed by atoms with van der Waals surface area (Å²) in [5.74, 6) is 3.92. The quantitative estimate of drug-likeness (QED) is 0.714. The standard InChI is InChI=1S/C19H15N3O5S/c23-18(20-17-11-7-28-8-12(11)21-27-17)19(3-4-19)16-6-14(26-22-16)10-1-2-13-15(5-10)25-9-24-13/h1-2,5-6H,3-4,7-9H2,(H,20,23). The molecule has 6 rings (SSSR count). The second-order valence-corrected chi connectivity index (χ2v) is 8.10. The molecule has 8 nitrogen and oxygen atoms in total. The van der Waals surface area contributed by atoms with Gasteiger partial charge in [-0.25, -0.2) is 0 Å². The van der Waals surface area contributed by atoms with Crippen molar-refractivity contribution < 1.29 is 23.3 Å². The number of fused-ring (bicyclic) bond motifs is 2. The fourth-order valence-electron chi connectivity index (χ4n) is 3.59. The lowest BCUT2D eigenvalue weighted by atomic mass is 10.00. The van der Waals surface area contributed by atoms with Crippen molar-refractivity contribution in [2.45, 2.75) is 29.8 Å². The van der Waals surface area contributed by atoms with Crippen molar-refractivity contribution in [3.05, 3.63) is 41.2 Å². The number of thioether (sulfide) groups is 1. The maximum Gasteiger partial charge on any atom is 0.239 e. The van der Waals surface area contributed by atoms with Crippen LogP contribution >= 0.6 is 11.8 Å². The van der Waals surface area contributed by atoms with Crippen molar-refractivity contribution >= 4 is 23.6 Å². The molecule has 1 aromatic carbocycles. The molecule has 0 saturated heterocycles. The first kappa shape index (κ1) is 16.1. The van der Waals surface area contributed by atoms with Crippen LogP contribution in [-0.4, -0.2) is 23.0 Å². The van der Waals surface area contributed by atoms with Crippen molar-refractivity contribution in [2.24, 2.45) is 0 Å². The Bertz CT molecular complexity index is 1100. The van der Waals surface area contributed by atoms with Gasteiger partial charge in [-0.3, -0.25) is 10.1 Å². The van der Waals surface area contributed by atoms with E-state index in [1.165, 1.54) is 0 Å². The molecule has 2 aliphatic heterocycles. The van der Waals surface area contributed by atoms with E-state index in [0.29, 0.717) is 28.8 Å². The van der Waals surface area contributed by atoms with Gasteiger partial charge < -0.3 is 18.5 Å². The molecule has 28 heavy (non-hydrogen) atoms. The maximum atomic E-state index is 13.0. The predicted molar refractivity (Wildman–Crippen MR) is 99.1 cm³/mol. The van der Waals surface area contributed by atoms with Gasteiger partial charge in [-0.15, -0.1) is 0 Å². The molecule has 142 valence electrons. The molecule has 1 saturated carbocycles. The van der Waals surface area contributed by atoms with Crippen LogP contribution in [0.5, 0.6) is 11.5 Å². The normalized spacial score (nSPS) is 18.1. The number of nitrogens with one attached hydrogen (secondary N) is 1. The highest BCUT2D eigenvalue weighted by Crippen LogP contribution is 2.50. The summed E-state index contributed by atoms with van der Waals surface area (Å²) < 4.78 is 21.6. The number of aromatic nitrogens is 2. The first-order valence-electron chi connectivity index (χ1n) is 8.97. The van der Waals surface area contributed by atoms with E-state index in [1.807, 2.05) is 24.3 Å². The average molecular weight is 397 g/mol. The Morgan fingerprint density at radius 2 is 1.96 bits per heavy atom. The Kier molecular flexibility index (Phi) is 3.31. The zero-order valence-electron chi connectivity index (χ0n) is 14.7. The van der Waals surface area contributed by atoms with Gasteiger partial charge in [0, 0.05) is 23.1 Å². The number of hydrogen-bond acceptors (Lipinski definition) is 8. The van der Waals surface area contributed by atoms with Gasteiger partial charge in [-0.05, 0) is 31.0 Å². The highest BCUT2D eigenvalue weighted by atomic mass is 32.2. The number of carbonyl (C=O) groups is 1. The lowest BCUT2D eigenvalue weighted by Crippen LogP contribution is -2.28. The molecular formula is C19H15N3O5S. The van der Waals surface area contributed by atoms with Crippen LogP contribution in [0.3, 0.4) is 0 Å². The topological polar surface area (TPSA) is 99.6 Å². The van der Waals surface area contributed by atoms with Crippen molar-refractivity contribution in [1.29, 1.82) is 0 Å². The van der Waals surface area contributed by atoms with Gasteiger partial charge >= 0.3 is 0 Å². The van der Waals surface area contributed by atoms with Crippen LogP contribution in [0.25, 0.3) is 11.3 Å². The van der Waals surface area contributed by atoms with Gasteiger partial charge in [0.2, 0.25) is 18.6 Å². The molecule has 0 atom stereocenters. The molecule has 1 fully saturated rings. The van der Waals surface area contributed by atoms with Crippen LogP contribution in [-0.2, 0) is 21.7 Å². The minimum atomic E-state index is -0.677. The fraction of sp³-hybridized carbons (Fsp3) is 0.316. The lowest BCUT2D eigenvalue weighted by Gasteiger charge is -2.10. The molecule has 0 spiro atoms. The summed E-state index contributed by atoms with van der Waals surface area (Å²) >= 11 is 1.76. The van der Waals surface area contributed by atoms with Crippen molar-refractivity contribution in [2.75, 3.05) is 12.1 Å². The predicted octanol–water partition coefficient (Wildman–Crippen LogP) is 3.48.